The van der Waals surface area contributed by atoms with Gasteiger partial charge in [0.25, 0.3) is 0 Å². The molecule has 0 aliphatic carbocycles. The Morgan fingerprint density at radius 3 is 2.50 bits per heavy atom. The SMILES string of the molecule is CCCOc1cc(C)c(Cl)c(C)c1C(=O)CCCC(=O)OC. The molecule has 0 aromatic heterocycles. The highest BCUT2D eigenvalue weighted by molar-refractivity contribution is 6.32. The van der Waals surface area contributed by atoms with E-state index in [4.69, 9.17) is 16.3 Å². The lowest BCUT2D eigenvalue weighted by Crippen LogP contribution is -2.09. The summed E-state index contributed by atoms with van der Waals surface area (Å²) in [4.78, 5) is 23.6. The molecule has 0 bridgehead atoms. The van der Waals surface area contributed by atoms with Crippen molar-refractivity contribution < 1.29 is 19.1 Å². The number of aryl methyl sites for hydroxylation is 1. The van der Waals surface area contributed by atoms with Crippen LogP contribution >= 0.6 is 11.6 Å². The average molecular weight is 327 g/mol. The second-order valence-electron chi connectivity index (χ2n) is 5.21. The van der Waals surface area contributed by atoms with E-state index in [9.17, 15) is 9.59 Å². The fourth-order valence-electron chi connectivity index (χ4n) is 2.22. The standard InChI is InChI=1S/C17H23ClO4/c1-5-9-22-14-10-11(2)17(18)12(3)16(14)13(19)7-6-8-15(20)21-4/h10H,5-9H2,1-4H3. The molecule has 0 saturated carbocycles. The number of benzene rings is 1. The lowest BCUT2D eigenvalue weighted by molar-refractivity contribution is -0.140. The first-order valence-electron chi connectivity index (χ1n) is 7.44. The van der Waals surface area contributed by atoms with Crippen LogP contribution in [0.1, 0.15) is 54.1 Å². The monoisotopic (exact) mass is 326 g/mol. The highest BCUT2D eigenvalue weighted by atomic mass is 35.5. The van der Waals surface area contributed by atoms with Crippen LogP contribution < -0.4 is 4.74 Å². The Hall–Kier alpha value is -1.55. The van der Waals surface area contributed by atoms with Crippen LogP contribution in [0.15, 0.2) is 6.07 Å². The predicted molar refractivity (Wildman–Crippen MR) is 86.9 cm³/mol. The highest BCUT2D eigenvalue weighted by Gasteiger charge is 2.19. The molecular weight excluding hydrogens is 304 g/mol. The number of esters is 1. The van der Waals surface area contributed by atoms with Crippen molar-refractivity contribution in [1.29, 1.82) is 0 Å². The lowest BCUT2D eigenvalue weighted by Gasteiger charge is -2.16. The molecule has 0 radical (unpaired) electrons. The van der Waals surface area contributed by atoms with Crippen molar-refractivity contribution in [2.24, 2.45) is 0 Å². The van der Waals surface area contributed by atoms with E-state index in [0.29, 0.717) is 29.4 Å². The normalized spacial score (nSPS) is 10.4. The Labute approximate surface area is 136 Å². The third kappa shape index (κ3) is 4.73. The number of hydrogen-bond acceptors (Lipinski definition) is 4. The molecule has 0 aliphatic heterocycles. The van der Waals surface area contributed by atoms with Gasteiger partial charge in [-0.25, -0.2) is 0 Å². The van der Waals surface area contributed by atoms with Crippen LogP contribution in [0.2, 0.25) is 5.02 Å². The number of halogens is 1. The third-order valence-electron chi connectivity index (χ3n) is 3.40. The van der Waals surface area contributed by atoms with E-state index in [0.717, 1.165) is 17.5 Å². The van der Waals surface area contributed by atoms with Crippen molar-refractivity contribution in [1.82, 2.24) is 0 Å². The summed E-state index contributed by atoms with van der Waals surface area (Å²) in [5.41, 5.74) is 2.14. The minimum absolute atomic E-state index is 0.0607. The van der Waals surface area contributed by atoms with E-state index in [1.54, 1.807) is 6.07 Å². The van der Waals surface area contributed by atoms with Crippen LogP contribution in [-0.4, -0.2) is 25.5 Å². The highest BCUT2D eigenvalue weighted by Crippen LogP contribution is 2.33. The summed E-state index contributed by atoms with van der Waals surface area (Å²) in [5, 5.41) is 0.583. The molecule has 0 unspecified atom stereocenters. The van der Waals surface area contributed by atoms with E-state index in [2.05, 4.69) is 4.74 Å². The molecule has 0 saturated heterocycles. The number of rotatable bonds is 8. The molecule has 0 aliphatic rings. The quantitative estimate of drug-likeness (QED) is 0.528. The summed E-state index contributed by atoms with van der Waals surface area (Å²) in [6, 6.07) is 1.80. The molecule has 122 valence electrons. The Bertz CT molecular complexity index is 552. The van der Waals surface area contributed by atoms with Gasteiger partial charge in [-0.15, -0.1) is 0 Å². The fraction of sp³-hybridized carbons (Fsp3) is 0.529. The molecule has 0 atom stereocenters. The van der Waals surface area contributed by atoms with Crippen LogP contribution in [0.3, 0.4) is 0 Å². The van der Waals surface area contributed by atoms with Crippen molar-refractivity contribution in [3.05, 3.63) is 27.8 Å². The zero-order valence-corrected chi connectivity index (χ0v) is 14.4. The molecule has 22 heavy (non-hydrogen) atoms. The Morgan fingerprint density at radius 1 is 1.23 bits per heavy atom. The van der Waals surface area contributed by atoms with Crippen LogP contribution in [0.25, 0.3) is 0 Å². The Morgan fingerprint density at radius 2 is 1.91 bits per heavy atom. The first kappa shape index (κ1) is 18.5. The molecule has 1 rings (SSSR count). The molecule has 0 amide bonds. The number of carbonyl (C=O) groups is 2. The molecule has 4 nitrogen and oxygen atoms in total. The number of ether oxygens (including phenoxy) is 2. The molecule has 5 heteroatoms. The van der Waals surface area contributed by atoms with E-state index in [1.165, 1.54) is 7.11 Å². The van der Waals surface area contributed by atoms with Gasteiger partial charge in [0.1, 0.15) is 5.75 Å². The maximum atomic E-state index is 12.5. The molecule has 1 aromatic carbocycles. The Balaban J connectivity index is 2.97. The van der Waals surface area contributed by atoms with E-state index in [-0.39, 0.29) is 24.6 Å². The molecule has 0 spiro atoms. The van der Waals surface area contributed by atoms with Gasteiger partial charge in [0, 0.05) is 17.9 Å². The molecule has 0 N–H and O–H groups in total. The van der Waals surface area contributed by atoms with Gasteiger partial charge >= 0.3 is 5.97 Å². The second-order valence-corrected chi connectivity index (χ2v) is 5.58. The van der Waals surface area contributed by atoms with Gasteiger partial charge in [-0.1, -0.05) is 18.5 Å². The average Bonchev–Trinajstić information content (AvgIpc) is 2.50. The van der Waals surface area contributed by atoms with Gasteiger partial charge in [-0.2, -0.15) is 0 Å². The van der Waals surface area contributed by atoms with Crippen LogP contribution in [0.4, 0.5) is 0 Å². The van der Waals surface area contributed by atoms with E-state index < -0.39 is 0 Å². The number of carbonyl (C=O) groups excluding carboxylic acids is 2. The van der Waals surface area contributed by atoms with E-state index in [1.807, 2.05) is 20.8 Å². The summed E-state index contributed by atoms with van der Waals surface area (Å²) >= 11 is 6.26. The summed E-state index contributed by atoms with van der Waals surface area (Å²) in [6.07, 6.45) is 1.80. The zero-order chi connectivity index (χ0) is 16.7. The summed E-state index contributed by atoms with van der Waals surface area (Å²) < 4.78 is 10.3. The van der Waals surface area contributed by atoms with Gasteiger partial charge in [0.15, 0.2) is 5.78 Å². The minimum atomic E-state index is -0.311. The largest absolute Gasteiger partial charge is 0.493 e. The van der Waals surface area contributed by atoms with Crippen LogP contribution in [0.5, 0.6) is 5.75 Å². The molecule has 1 aromatic rings. The number of methoxy groups -OCH3 is 1. The summed E-state index contributed by atoms with van der Waals surface area (Å²) in [6.45, 7) is 6.26. The van der Waals surface area contributed by atoms with Gasteiger partial charge in [-0.3, -0.25) is 9.59 Å². The minimum Gasteiger partial charge on any atom is -0.493 e. The number of ketones is 1. The zero-order valence-electron chi connectivity index (χ0n) is 13.6. The van der Waals surface area contributed by atoms with Gasteiger partial charge in [0.05, 0.1) is 19.3 Å². The van der Waals surface area contributed by atoms with Crippen molar-refractivity contribution in [3.63, 3.8) is 0 Å². The Kier molecular flexibility index (Phi) is 7.39. The van der Waals surface area contributed by atoms with Crippen LogP contribution in [-0.2, 0) is 9.53 Å². The predicted octanol–water partition coefficient (Wildman–Crippen LogP) is 4.27. The fourth-order valence-corrected chi connectivity index (χ4v) is 2.36. The van der Waals surface area contributed by atoms with Crippen LogP contribution in [0, 0.1) is 13.8 Å². The van der Waals surface area contributed by atoms with Gasteiger partial charge in [0.2, 0.25) is 0 Å². The molecule has 0 fully saturated rings. The second kappa shape index (κ2) is 8.79. The third-order valence-corrected chi connectivity index (χ3v) is 3.98. The number of hydrogen-bond donors (Lipinski definition) is 0. The maximum absolute atomic E-state index is 12.5. The first-order valence-corrected chi connectivity index (χ1v) is 7.82. The summed E-state index contributed by atoms with van der Waals surface area (Å²) in [5.74, 6) is 0.202. The lowest BCUT2D eigenvalue weighted by atomic mass is 9.97. The van der Waals surface area contributed by atoms with Gasteiger partial charge in [-0.05, 0) is 43.9 Å². The molecule has 0 heterocycles. The van der Waals surface area contributed by atoms with Gasteiger partial charge < -0.3 is 9.47 Å². The molecular formula is C17H23ClO4. The number of Topliss-reactive ketones (excluding diaryl/α,β-unsaturated/α-hetero) is 1. The summed E-state index contributed by atoms with van der Waals surface area (Å²) in [7, 11) is 1.34. The maximum Gasteiger partial charge on any atom is 0.305 e. The van der Waals surface area contributed by atoms with Crippen molar-refractivity contribution in [3.8, 4) is 5.75 Å². The van der Waals surface area contributed by atoms with Crippen molar-refractivity contribution in [2.45, 2.75) is 46.5 Å². The smallest absolute Gasteiger partial charge is 0.305 e. The van der Waals surface area contributed by atoms with Crippen molar-refractivity contribution >= 4 is 23.4 Å². The topological polar surface area (TPSA) is 52.6 Å². The first-order chi connectivity index (χ1) is 10.4. The van der Waals surface area contributed by atoms with E-state index >= 15 is 0 Å². The van der Waals surface area contributed by atoms with Crippen molar-refractivity contribution in [2.75, 3.05) is 13.7 Å².